The third-order valence-corrected chi connectivity index (χ3v) is 5.73. The number of rotatable bonds is 6. The van der Waals surface area contributed by atoms with Crippen molar-refractivity contribution in [3.05, 3.63) is 71.4 Å². The predicted molar refractivity (Wildman–Crippen MR) is 127 cm³/mol. The zero-order chi connectivity index (χ0) is 27.5. The molecule has 1 atom stereocenters. The van der Waals surface area contributed by atoms with Crippen LogP contribution in [0.1, 0.15) is 27.9 Å². The molecule has 38 heavy (non-hydrogen) atoms. The van der Waals surface area contributed by atoms with E-state index in [1.807, 2.05) is 0 Å². The highest BCUT2D eigenvalue weighted by molar-refractivity contribution is 6.07. The Morgan fingerprint density at radius 2 is 1.82 bits per heavy atom. The Labute approximate surface area is 213 Å². The first-order valence-electron chi connectivity index (χ1n) is 11.2. The van der Waals surface area contributed by atoms with Crippen LogP contribution in [0.3, 0.4) is 0 Å². The number of nitriles is 1. The van der Waals surface area contributed by atoms with Gasteiger partial charge in [0, 0.05) is 18.0 Å². The Kier molecular flexibility index (Phi) is 7.30. The molecule has 7 nitrogen and oxygen atoms in total. The second kappa shape index (κ2) is 10.5. The highest BCUT2D eigenvalue weighted by atomic mass is 19.4. The molecule has 0 aliphatic carbocycles. The summed E-state index contributed by atoms with van der Waals surface area (Å²) in [5.41, 5.74) is 1.93. The number of ether oxygens (including phenoxy) is 1. The molecule has 1 aliphatic rings. The van der Waals surface area contributed by atoms with Gasteiger partial charge in [-0.05, 0) is 41.5 Å². The molecule has 0 bridgehead atoms. The number of fused-ring (bicyclic) bond motifs is 1. The molecule has 4 rings (SSSR count). The molecule has 1 aliphatic heterocycles. The number of amides is 2. The lowest BCUT2D eigenvalue weighted by molar-refractivity contribution is -0.274. The Morgan fingerprint density at radius 1 is 1.13 bits per heavy atom. The minimum atomic E-state index is -4.78. The summed E-state index contributed by atoms with van der Waals surface area (Å²) >= 11 is 0. The molecule has 1 N–H and O–H groups in total. The SMILES string of the molecule is N#C[C@@H]1CC(F)(F)CN1C(=O)CNC(=O)c1ccnc2ccc(/C=C/c3ccc(OC(F)(F)F)cc3)cc12. The van der Waals surface area contributed by atoms with Crippen LogP contribution in [-0.2, 0) is 4.79 Å². The van der Waals surface area contributed by atoms with Gasteiger partial charge in [-0.3, -0.25) is 14.6 Å². The number of carbonyl (C=O) groups is 2. The van der Waals surface area contributed by atoms with Crippen LogP contribution < -0.4 is 10.1 Å². The molecule has 1 fully saturated rings. The van der Waals surface area contributed by atoms with Crippen molar-refractivity contribution in [2.75, 3.05) is 13.1 Å². The fraction of sp³-hybridized carbons (Fsp3) is 0.231. The van der Waals surface area contributed by atoms with Crippen molar-refractivity contribution in [1.82, 2.24) is 15.2 Å². The van der Waals surface area contributed by atoms with E-state index in [0.29, 0.717) is 22.0 Å². The van der Waals surface area contributed by atoms with Gasteiger partial charge in [0.15, 0.2) is 0 Å². The molecule has 1 saturated heterocycles. The lowest BCUT2D eigenvalue weighted by Crippen LogP contribution is -2.43. The van der Waals surface area contributed by atoms with Gasteiger partial charge >= 0.3 is 6.36 Å². The summed E-state index contributed by atoms with van der Waals surface area (Å²) in [6.45, 7) is -1.45. The number of hydrogen-bond donors (Lipinski definition) is 1. The van der Waals surface area contributed by atoms with Gasteiger partial charge in [-0.2, -0.15) is 5.26 Å². The topological polar surface area (TPSA) is 95.3 Å². The highest BCUT2D eigenvalue weighted by Gasteiger charge is 2.47. The van der Waals surface area contributed by atoms with E-state index < -0.39 is 49.7 Å². The van der Waals surface area contributed by atoms with Gasteiger partial charge in [-0.1, -0.05) is 30.4 Å². The first kappa shape index (κ1) is 26.5. The second-order valence-electron chi connectivity index (χ2n) is 8.49. The molecule has 196 valence electrons. The Balaban J connectivity index is 1.47. The van der Waals surface area contributed by atoms with Gasteiger partial charge in [-0.25, -0.2) is 8.78 Å². The third-order valence-electron chi connectivity index (χ3n) is 5.73. The summed E-state index contributed by atoms with van der Waals surface area (Å²) in [6, 6.07) is 12.2. The van der Waals surface area contributed by atoms with Crippen LogP contribution in [0.25, 0.3) is 23.1 Å². The Morgan fingerprint density at radius 3 is 2.50 bits per heavy atom. The maximum Gasteiger partial charge on any atom is 0.573 e. The first-order chi connectivity index (χ1) is 17.9. The van der Waals surface area contributed by atoms with Crippen molar-refractivity contribution in [2.45, 2.75) is 24.7 Å². The molecule has 0 spiro atoms. The normalized spacial score (nSPS) is 16.9. The quantitative estimate of drug-likeness (QED) is 0.365. The maximum absolute atomic E-state index is 13.6. The summed E-state index contributed by atoms with van der Waals surface area (Å²) < 4.78 is 68.0. The van der Waals surface area contributed by atoms with E-state index in [1.54, 1.807) is 36.4 Å². The van der Waals surface area contributed by atoms with Crippen LogP contribution in [0.4, 0.5) is 22.0 Å². The molecule has 12 heteroatoms. The number of halogens is 5. The predicted octanol–water partition coefficient (Wildman–Crippen LogP) is 4.79. The second-order valence-corrected chi connectivity index (χ2v) is 8.49. The maximum atomic E-state index is 13.6. The molecular formula is C26H19F5N4O3. The number of likely N-dealkylation sites (tertiary alicyclic amines) is 1. The minimum Gasteiger partial charge on any atom is -0.406 e. The number of nitrogens with one attached hydrogen (secondary N) is 1. The fourth-order valence-corrected chi connectivity index (χ4v) is 3.99. The fourth-order valence-electron chi connectivity index (χ4n) is 3.99. The number of alkyl halides is 5. The molecule has 0 saturated carbocycles. The van der Waals surface area contributed by atoms with Crippen molar-refractivity contribution in [2.24, 2.45) is 0 Å². The average molecular weight is 530 g/mol. The highest BCUT2D eigenvalue weighted by Crippen LogP contribution is 2.31. The number of nitrogens with zero attached hydrogens (tertiary/aromatic N) is 3. The van der Waals surface area contributed by atoms with E-state index in [0.717, 1.165) is 4.90 Å². The van der Waals surface area contributed by atoms with E-state index in [4.69, 9.17) is 5.26 Å². The van der Waals surface area contributed by atoms with Crippen LogP contribution in [0.5, 0.6) is 5.75 Å². The Hall–Kier alpha value is -4.53. The molecule has 2 amide bonds. The average Bonchev–Trinajstić information content (AvgIpc) is 3.20. The third kappa shape index (κ3) is 6.42. The number of benzene rings is 2. The minimum absolute atomic E-state index is 0.190. The largest absolute Gasteiger partial charge is 0.573 e. The zero-order valence-electron chi connectivity index (χ0n) is 19.5. The van der Waals surface area contributed by atoms with Crippen molar-refractivity contribution in [1.29, 1.82) is 5.26 Å². The van der Waals surface area contributed by atoms with Gasteiger partial charge < -0.3 is 15.0 Å². The van der Waals surface area contributed by atoms with Crippen molar-refractivity contribution in [3.63, 3.8) is 0 Å². The molecule has 2 aromatic carbocycles. The first-order valence-corrected chi connectivity index (χ1v) is 11.2. The van der Waals surface area contributed by atoms with Crippen molar-refractivity contribution in [3.8, 4) is 11.8 Å². The van der Waals surface area contributed by atoms with Crippen LogP contribution in [0, 0.1) is 11.3 Å². The molecule has 2 heterocycles. The monoisotopic (exact) mass is 530 g/mol. The van der Waals surface area contributed by atoms with Crippen molar-refractivity contribution >= 4 is 34.9 Å². The summed E-state index contributed by atoms with van der Waals surface area (Å²) in [7, 11) is 0. The van der Waals surface area contributed by atoms with Crippen LogP contribution >= 0.6 is 0 Å². The summed E-state index contributed by atoms with van der Waals surface area (Å²) in [6.07, 6.45) is -0.779. The van der Waals surface area contributed by atoms with Crippen molar-refractivity contribution < 1.29 is 36.3 Å². The molecule has 3 aromatic rings. The zero-order valence-corrected chi connectivity index (χ0v) is 19.5. The number of hydrogen-bond acceptors (Lipinski definition) is 5. The number of pyridine rings is 1. The van der Waals surface area contributed by atoms with E-state index in [2.05, 4.69) is 15.0 Å². The summed E-state index contributed by atoms with van der Waals surface area (Å²) in [5.74, 6) is -4.94. The van der Waals surface area contributed by atoms with Gasteiger partial charge in [0.1, 0.15) is 11.8 Å². The van der Waals surface area contributed by atoms with Gasteiger partial charge in [0.05, 0.1) is 30.2 Å². The summed E-state index contributed by atoms with van der Waals surface area (Å²) in [5, 5.41) is 11.9. The van der Waals surface area contributed by atoms with Crippen LogP contribution in [-0.4, -0.2) is 53.1 Å². The lowest BCUT2D eigenvalue weighted by atomic mass is 10.0. The van der Waals surface area contributed by atoms with Crippen LogP contribution in [0.2, 0.25) is 0 Å². The molecule has 0 unspecified atom stereocenters. The molecule has 0 radical (unpaired) electrons. The molecular weight excluding hydrogens is 511 g/mol. The van der Waals surface area contributed by atoms with Gasteiger partial charge in [0.2, 0.25) is 5.91 Å². The number of aromatic nitrogens is 1. The van der Waals surface area contributed by atoms with E-state index in [1.165, 1.54) is 36.5 Å². The van der Waals surface area contributed by atoms with E-state index >= 15 is 0 Å². The van der Waals surface area contributed by atoms with E-state index in [9.17, 15) is 31.5 Å². The van der Waals surface area contributed by atoms with Crippen LogP contribution in [0.15, 0.2) is 54.7 Å². The summed E-state index contributed by atoms with van der Waals surface area (Å²) in [4.78, 5) is 30.2. The van der Waals surface area contributed by atoms with Gasteiger partial charge in [0.25, 0.3) is 11.8 Å². The standard InChI is InChI=1S/C26H19F5N4O3/c27-25(28)12-18(13-32)35(15-25)23(36)14-34-24(37)20-9-10-33-22-8-5-17(11-21(20)22)2-1-16-3-6-19(7-4-16)38-26(29,30)31/h1-11,18H,12,14-15H2,(H,34,37)/b2-1+/t18-/m0/s1. The molecule has 1 aromatic heterocycles. The Bertz CT molecular complexity index is 1430. The smallest absolute Gasteiger partial charge is 0.406 e. The van der Waals surface area contributed by atoms with Gasteiger partial charge in [-0.15, -0.1) is 13.2 Å². The number of carbonyl (C=O) groups excluding carboxylic acids is 2. The van der Waals surface area contributed by atoms with E-state index in [-0.39, 0.29) is 11.3 Å². The lowest BCUT2D eigenvalue weighted by Gasteiger charge is -2.19.